The predicted molar refractivity (Wildman–Crippen MR) is 211 cm³/mol. The van der Waals surface area contributed by atoms with E-state index in [2.05, 4.69) is 156 Å². The van der Waals surface area contributed by atoms with Crippen molar-refractivity contribution in [3.63, 3.8) is 0 Å². The molecule has 0 aliphatic heterocycles. The normalized spacial score (nSPS) is 14.5. The highest BCUT2D eigenvalue weighted by Crippen LogP contribution is 2.35. The average Bonchev–Trinajstić information content (AvgIpc) is 3.73. The van der Waals surface area contributed by atoms with Crippen LogP contribution in [0.1, 0.15) is 59.7 Å². The molecule has 0 spiro atoms. The molecule has 0 bridgehead atoms. The molecule has 2 aromatic heterocycles. The maximum absolute atomic E-state index is 6.83. The Kier molecular flexibility index (Phi) is 8.09. The van der Waals surface area contributed by atoms with Gasteiger partial charge in [-0.3, -0.25) is 10.6 Å². The fraction of sp³-hybridized carbons (Fsp3) is 0.130. The minimum absolute atomic E-state index is 0.0534. The molecule has 51 heavy (non-hydrogen) atoms. The smallest absolute Gasteiger partial charge is 0.135 e. The van der Waals surface area contributed by atoms with Gasteiger partial charge in [0, 0.05) is 33.6 Å². The molecule has 0 radical (unpaired) electrons. The number of benzene rings is 6. The van der Waals surface area contributed by atoms with E-state index >= 15 is 0 Å². The summed E-state index contributed by atoms with van der Waals surface area (Å²) in [4.78, 5) is 0. The van der Waals surface area contributed by atoms with E-state index in [1.807, 2.05) is 24.3 Å². The molecule has 9 rings (SSSR count). The molecule has 1 aliphatic carbocycles. The lowest BCUT2D eigenvalue weighted by Gasteiger charge is -2.28. The predicted octanol–water partition coefficient (Wildman–Crippen LogP) is 10.8. The Morgan fingerprint density at radius 1 is 0.627 bits per heavy atom. The summed E-state index contributed by atoms with van der Waals surface area (Å²) in [5.41, 5.74) is 19.4. The van der Waals surface area contributed by atoms with Crippen LogP contribution in [0.25, 0.3) is 55.7 Å². The Hall–Kier alpha value is -5.72. The number of para-hydroxylation sites is 2. The van der Waals surface area contributed by atoms with Crippen molar-refractivity contribution in [1.29, 1.82) is 0 Å². The molecule has 2 heterocycles. The van der Waals surface area contributed by atoms with Gasteiger partial charge in [-0.25, -0.2) is 0 Å². The first-order chi connectivity index (χ1) is 25.1. The van der Waals surface area contributed by atoms with Crippen LogP contribution in [0, 0.1) is 0 Å². The zero-order valence-electron chi connectivity index (χ0n) is 28.6. The summed E-state index contributed by atoms with van der Waals surface area (Å²) < 4.78 is 8.58. The molecule has 5 heteroatoms. The van der Waals surface area contributed by atoms with Gasteiger partial charge in [0.1, 0.15) is 11.2 Å². The quantitative estimate of drug-likeness (QED) is 0.134. The van der Waals surface area contributed by atoms with Crippen LogP contribution >= 0.6 is 0 Å². The van der Waals surface area contributed by atoms with Crippen molar-refractivity contribution in [3.8, 4) is 16.8 Å². The fourth-order valence-corrected chi connectivity index (χ4v) is 7.70. The molecule has 3 atom stereocenters. The summed E-state index contributed by atoms with van der Waals surface area (Å²) in [6, 6.07) is 51.5. The van der Waals surface area contributed by atoms with Crippen molar-refractivity contribution in [2.24, 2.45) is 5.73 Å². The number of allylic oxidation sites excluding steroid dienone is 1. The van der Waals surface area contributed by atoms with Gasteiger partial charge in [-0.2, -0.15) is 0 Å². The molecular weight excluding hydrogens is 625 g/mol. The Morgan fingerprint density at radius 3 is 2.24 bits per heavy atom. The molecule has 0 fully saturated rings. The second kappa shape index (κ2) is 13.2. The zero-order chi connectivity index (χ0) is 34.3. The van der Waals surface area contributed by atoms with Crippen LogP contribution in [0.3, 0.4) is 0 Å². The second-order valence-electron chi connectivity index (χ2n) is 13.6. The Balaban J connectivity index is 0.959. The first kappa shape index (κ1) is 31.3. The van der Waals surface area contributed by atoms with Gasteiger partial charge in [0.2, 0.25) is 0 Å². The molecule has 6 aromatic carbocycles. The zero-order valence-corrected chi connectivity index (χ0v) is 28.6. The van der Waals surface area contributed by atoms with Gasteiger partial charge < -0.3 is 14.7 Å². The lowest BCUT2D eigenvalue weighted by molar-refractivity contribution is 0.356. The molecule has 8 aromatic rings. The number of hydrogen-bond donors (Lipinski definition) is 3. The van der Waals surface area contributed by atoms with Crippen molar-refractivity contribution in [1.82, 2.24) is 15.2 Å². The monoisotopic (exact) mass is 664 g/mol. The average molecular weight is 665 g/mol. The lowest BCUT2D eigenvalue weighted by atomic mass is 10.00. The van der Waals surface area contributed by atoms with Gasteiger partial charge in [-0.1, -0.05) is 121 Å². The van der Waals surface area contributed by atoms with Gasteiger partial charge in [0.25, 0.3) is 0 Å². The first-order valence-electron chi connectivity index (χ1n) is 17.8. The summed E-state index contributed by atoms with van der Waals surface area (Å²) in [6.07, 6.45) is 6.16. The Bertz CT molecular complexity index is 2530. The first-order valence-corrected chi connectivity index (χ1v) is 17.8. The largest absolute Gasteiger partial charge is 0.456 e. The summed E-state index contributed by atoms with van der Waals surface area (Å²) in [6.45, 7) is 2.20. The topological polar surface area (TPSA) is 68.2 Å². The number of nitrogens with zero attached hydrogens (tertiary/aromatic N) is 1. The Morgan fingerprint density at radius 2 is 1.37 bits per heavy atom. The van der Waals surface area contributed by atoms with Gasteiger partial charge in [-0.15, -0.1) is 0 Å². The standard InChI is InChI=1S/C46H40N4O/c1-30(48-46(33-12-3-2-4-13-33)49-45(47)35-26-27-40-39-18-7-10-21-43(39)51-44(40)29-35)31-22-24-32(25-23-31)34-14-11-15-36(28-34)50-41-19-8-5-16-37(41)38-17-6-9-20-42(38)50/h2-5,7-16,18-30,45-46,48-49H,6,17,47H2,1H3. The van der Waals surface area contributed by atoms with Crippen molar-refractivity contribution >= 4 is 38.9 Å². The van der Waals surface area contributed by atoms with E-state index in [0.717, 1.165) is 45.9 Å². The summed E-state index contributed by atoms with van der Waals surface area (Å²) >= 11 is 0. The third-order valence-electron chi connectivity index (χ3n) is 10.4. The minimum Gasteiger partial charge on any atom is -0.456 e. The molecule has 3 unspecified atom stereocenters. The SMILES string of the molecule is CC(NC(NC(N)c1ccc2c(c1)oc1ccccc12)c1ccccc1)c1ccc(-c2cccc(-n3c4c(c5ccccc53)CCC=C4)c2)cc1. The molecule has 4 N–H and O–H groups in total. The number of aryl methyl sites for hydroxylation is 1. The van der Waals surface area contributed by atoms with Crippen LogP contribution in [0.4, 0.5) is 0 Å². The number of nitrogens with two attached hydrogens (primary N) is 1. The van der Waals surface area contributed by atoms with Crippen LogP contribution in [0.5, 0.6) is 0 Å². The van der Waals surface area contributed by atoms with Crippen molar-refractivity contribution in [2.45, 2.75) is 38.1 Å². The number of furan rings is 1. The summed E-state index contributed by atoms with van der Waals surface area (Å²) in [7, 11) is 0. The van der Waals surface area contributed by atoms with Gasteiger partial charge in [0.05, 0.1) is 17.8 Å². The van der Waals surface area contributed by atoms with E-state index in [1.165, 1.54) is 44.5 Å². The highest BCUT2D eigenvalue weighted by molar-refractivity contribution is 6.04. The van der Waals surface area contributed by atoms with Crippen molar-refractivity contribution in [2.75, 3.05) is 0 Å². The molecule has 250 valence electrons. The van der Waals surface area contributed by atoms with Gasteiger partial charge in [-0.05, 0) is 89.6 Å². The van der Waals surface area contributed by atoms with Crippen LogP contribution in [-0.2, 0) is 6.42 Å². The number of hydrogen-bond acceptors (Lipinski definition) is 4. The minimum atomic E-state index is -0.416. The molecule has 0 saturated heterocycles. The number of rotatable bonds is 9. The summed E-state index contributed by atoms with van der Waals surface area (Å²) in [5, 5.41) is 11.0. The highest BCUT2D eigenvalue weighted by atomic mass is 16.3. The van der Waals surface area contributed by atoms with E-state index in [9.17, 15) is 0 Å². The highest BCUT2D eigenvalue weighted by Gasteiger charge is 2.21. The lowest BCUT2D eigenvalue weighted by Crippen LogP contribution is -2.40. The van der Waals surface area contributed by atoms with E-state index < -0.39 is 6.17 Å². The van der Waals surface area contributed by atoms with Crippen LogP contribution in [-0.4, -0.2) is 4.57 Å². The van der Waals surface area contributed by atoms with Gasteiger partial charge >= 0.3 is 0 Å². The maximum Gasteiger partial charge on any atom is 0.135 e. The third-order valence-corrected chi connectivity index (χ3v) is 10.4. The third kappa shape index (κ3) is 5.85. The number of fused-ring (bicyclic) bond motifs is 6. The van der Waals surface area contributed by atoms with E-state index in [0.29, 0.717) is 0 Å². The van der Waals surface area contributed by atoms with Crippen molar-refractivity contribution in [3.05, 3.63) is 180 Å². The van der Waals surface area contributed by atoms with Crippen LogP contribution in [0.2, 0.25) is 0 Å². The molecule has 0 saturated carbocycles. The van der Waals surface area contributed by atoms with E-state index in [1.54, 1.807) is 0 Å². The maximum atomic E-state index is 6.83. The van der Waals surface area contributed by atoms with E-state index in [-0.39, 0.29) is 12.2 Å². The second-order valence-corrected chi connectivity index (χ2v) is 13.6. The van der Waals surface area contributed by atoms with Crippen molar-refractivity contribution < 1.29 is 4.42 Å². The molecule has 0 amide bonds. The fourth-order valence-electron chi connectivity index (χ4n) is 7.70. The molecular formula is C46H40N4O. The number of aromatic nitrogens is 1. The van der Waals surface area contributed by atoms with Gasteiger partial charge in [0.15, 0.2) is 0 Å². The summed E-state index contributed by atoms with van der Waals surface area (Å²) in [5.74, 6) is 0. The van der Waals surface area contributed by atoms with Crippen LogP contribution in [0.15, 0.2) is 156 Å². The number of nitrogens with one attached hydrogen (secondary N) is 2. The van der Waals surface area contributed by atoms with Crippen LogP contribution < -0.4 is 16.4 Å². The molecule has 5 nitrogen and oxygen atoms in total. The Labute approximate surface area is 298 Å². The molecule has 1 aliphatic rings. The van der Waals surface area contributed by atoms with E-state index in [4.69, 9.17) is 10.2 Å².